The van der Waals surface area contributed by atoms with Gasteiger partial charge in [-0.15, -0.1) is 0 Å². The number of anilines is 1. The lowest BCUT2D eigenvalue weighted by Gasteiger charge is -2.08. The molecule has 0 bridgehead atoms. The molecule has 4 nitrogen and oxygen atoms in total. The predicted molar refractivity (Wildman–Crippen MR) is 74.6 cm³/mol. The van der Waals surface area contributed by atoms with Gasteiger partial charge in [0.05, 0.1) is 18.6 Å². The summed E-state index contributed by atoms with van der Waals surface area (Å²) >= 11 is 5.73. The van der Waals surface area contributed by atoms with Gasteiger partial charge < -0.3 is 10.1 Å². The molecule has 0 aliphatic rings. The van der Waals surface area contributed by atoms with E-state index in [1.165, 1.54) is 6.20 Å². The van der Waals surface area contributed by atoms with Crippen molar-refractivity contribution in [3.05, 3.63) is 53.2 Å². The van der Waals surface area contributed by atoms with Gasteiger partial charge in [-0.1, -0.05) is 29.8 Å². The number of methoxy groups -OCH3 is 1. The molecule has 1 aromatic heterocycles. The SMILES string of the molecule is COc1ccccc1CC(=O)Nc1ccc(Cl)cn1. The molecule has 1 heterocycles. The van der Waals surface area contributed by atoms with E-state index in [9.17, 15) is 4.79 Å². The van der Waals surface area contributed by atoms with Gasteiger partial charge in [0, 0.05) is 11.8 Å². The molecule has 0 atom stereocenters. The van der Waals surface area contributed by atoms with Crippen molar-refractivity contribution in [1.82, 2.24) is 4.98 Å². The minimum atomic E-state index is -0.153. The van der Waals surface area contributed by atoms with Gasteiger partial charge in [0.2, 0.25) is 5.91 Å². The Morgan fingerprint density at radius 1 is 1.32 bits per heavy atom. The van der Waals surface area contributed by atoms with Gasteiger partial charge in [-0.05, 0) is 18.2 Å². The summed E-state index contributed by atoms with van der Waals surface area (Å²) in [4.78, 5) is 15.9. The highest BCUT2D eigenvalue weighted by molar-refractivity contribution is 6.30. The Labute approximate surface area is 116 Å². The third kappa shape index (κ3) is 3.69. The second-order valence-corrected chi connectivity index (χ2v) is 4.33. The average Bonchev–Trinajstić information content (AvgIpc) is 2.42. The van der Waals surface area contributed by atoms with Gasteiger partial charge in [0.25, 0.3) is 0 Å². The fraction of sp³-hybridized carbons (Fsp3) is 0.143. The minimum absolute atomic E-state index is 0.153. The van der Waals surface area contributed by atoms with Crippen molar-refractivity contribution in [3.63, 3.8) is 0 Å². The lowest BCUT2D eigenvalue weighted by Crippen LogP contribution is -2.15. The highest BCUT2D eigenvalue weighted by Gasteiger charge is 2.08. The first kappa shape index (κ1) is 13.4. The van der Waals surface area contributed by atoms with E-state index in [1.54, 1.807) is 19.2 Å². The molecule has 1 aromatic carbocycles. The van der Waals surface area contributed by atoms with Crippen molar-refractivity contribution < 1.29 is 9.53 Å². The first-order valence-electron chi connectivity index (χ1n) is 5.72. The second kappa shape index (κ2) is 6.20. The zero-order chi connectivity index (χ0) is 13.7. The number of nitrogens with one attached hydrogen (secondary N) is 1. The van der Waals surface area contributed by atoms with Gasteiger partial charge in [-0.3, -0.25) is 4.79 Å². The molecule has 1 amide bonds. The fourth-order valence-electron chi connectivity index (χ4n) is 1.66. The number of pyridine rings is 1. The number of amides is 1. The Balaban J connectivity index is 2.03. The van der Waals surface area contributed by atoms with Crippen molar-refractivity contribution in [2.75, 3.05) is 12.4 Å². The summed E-state index contributed by atoms with van der Waals surface area (Å²) in [5, 5.41) is 3.23. The standard InChI is InChI=1S/C14H13ClN2O2/c1-19-12-5-3-2-4-10(12)8-14(18)17-13-7-6-11(15)9-16-13/h2-7,9H,8H2,1H3,(H,16,17,18). The Kier molecular flexibility index (Phi) is 4.36. The summed E-state index contributed by atoms with van der Waals surface area (Å²) < 4.78 is 5.20. The van der Waals surface area contributed by atoms with Crippen molar-refractivity contribution >= 4 is 23.3 Å². The Morgan fingerprint density at radius 2 is 2.11 bits per heavy atom. The Bertz CT molecular complexity index is 570. The first-order chi connectivity index (χ1) is 9.19. The summed E-state index contributed by atoms with van der Waals surface area (Å²) in [5.41, 5.74) is 0.830. The molecule has 0 saturated heterocycles. The van der Waals surface area contributed by atoms with Crippen LogP contribution in [0, 0.1) is 0 Å². The highest BCUT2D eigenvalue weighted by atomic mass is 35.5. The third-order valence-electron chi connectivity index (χ3n) is 2.54. The number of ether oxygens (including phenoxy) is 1. The van der Waals surface area contributed by atoms with Crippen LogP contribution in [-0.2, 0) is 11.2 Å². The molecule has 0 fully saturated rings. The van der Waals surface area contributed by atoms with Crippen molar-refractivity contribution in [3.8, 4) is 5.75 Å². The molecule has 0 unspecified atom stereocenters. The maximum atomic E-state index is 11.9. The molecular weight excluding hydrogens is 264 g/mol. The summed E-state index contributed by atoms with van der Waals surface area (Å²) in [6.45, 7) is 0. The number of hydrogen-bond acceptors (Lipinski definition) is 3. The van der Waals surface area contributed by atoms with Crippen LogP contribution in [-0.4, -0.2) is 18.0 Å². The number of hydrogen-bond donors (Lipinski definition) is 1. The van der Waals surface area contributed by atoms with Crippen LogP contribution in [0.5, 0.6) is 5.75 Å². The van der Waals surface area contributed by atoms with E-state index >= 15 is 0 Å². The number of para-hydroxylation sites is 1. The van der Waals surface area contributed by atoms with Gasteiger partial charge in [0.1, 0.15) is 11.6 Å². The van der Waals surface area contributed by atoms with Crippen LogP contribution in [0.1, 0.15) is 5.56 Å². The van der Waals surface area contributed by atoms with Crippen molar-refractivity contribution in [2.24, 2.45) is 0 Å². The number of halogens is 1. The monoisotopic (exact) mass is 276 g/mol. The zero-order valence-corrected chi connectivity index (χ0v) is 11.1. The topological polar surface area (TPSA) is 51.2 Å². The molecule has 0 radical (unpaired) electrons. The molecule has 0 saturated carbocycles. The maximum Gasteiger partial charge on any atom is 0.230 e. The van der Waals surface area contributed by atoms with Gasteiger partial charge in [0.15, 0.2) is 0 Å². The molecule has 2 aromatic rings. The van der Waals surface area contributed by atoms with E-state index in [-0.39, 0.29) is 12.3 Å². The Morgan fingerprint density at radius 3 is 2.79 bits per heavy atom. The minimum Gasteiger partial charge on any atom is -0.496 e. The average molecular weight is 277 g/mol. The number of nitrogens with zero attached hydrogens (tertiary/aromatic N) is 1. The highest BCUT2D eigenvalue weighted by Crippen LogP contribution is 2.18. The van der Waals surface area contributed by atoms with Gasteiger partial charge >= 0.3 is 0 Å². The van der Waals surface area contributed by atoms with Gasteiger partial charge in [-0.2, -0.15) is 0 Å². The van der Waals surface area contributed by atoms with Crippen LogP contribution in [0.3, 0.4) is 0 Å². The number of carbonyl (C=O) groups is 1. The summed E-state index contributed by atoms with van der Waals surface area (Å²) in [6.07, 6.45) is 1.72. The van der Waals surface area contributed by atoms with E-state index < -0.39 is 0 Å². The lowest BCUT2D eigenvalue weighted by molar-refractivity contribution is -0.115. The Hall–Kier alpha value is -2.07. The summed E-state index contributed by atoms with van der Waals surface area (Å²) in [6, 6.07) is 10.7. The molecular formula is C14H13ClN2O2. The van der Waals surface area contributed by atoms with E-state index in [2.05, 4.69) is 10.3 Å². The lowest BCUT2D eigenvalue weighted by atomic mass is 10.1. The van der Waals surface area contributed by atoms with Crippen LogP contribution < -0.4 is 10.1 Å². The summed E-state index contributed by atoms with van der Waals surface area (Å²) in [5.74, 6) is 1.02. The molecule has 2 rings (SSSR count). The predicted octanol–water partition coefficient (Wildman–Crippen LogP) is 2.92. The van der Waals surface area contributed by atoms with E-state index in [4.69, 9.17) is 16.3 Å². The summed E-state index contributed by atoms with van der Waals surface area (Å²) in [7, 11) is 1.58. The first-order valence-corrected chi connectivity index (χ1v) is 6.10. The van der Waals surface area contributed by atoms with E-state index in [0.717, 1.165) is 5.56 Å². The normalized spacial score (nSPS) is 10.0. The van der Waals surface area contributed by atoms with Gasteiger partial charge in [-0.25, -0.2) is 4.98 Å². The number of carbonyl (C=O) groups excluding carboxylic acids is 1. The van der Waals surface area contributed by atoms with E-state index in [1.807, 2.05) is 24.3 Å². The van der Waals surface area contributed by atoms with Crippen LogP contribution in [0.25, 0.3) is 0 Å². The molecule has 0 aliphatic heterocycles. The number of benzene rings is 1. The van der Waals surface area contributed by atoms with Crippen molar-refractivity contribution in [1.29, 1.82) is 0 Å². The van der Waals surface area contributed by atoms with Crippen LogP contribution >= 0.6 is 11.6 Å². The molecule has 5 heteroatoms. The van der Waals surface area contributed by atoms with Crippen molar-refractivity contribution in [2.45, 2.75) is 6.42 Å². The fourth-order valence-corrected chi connectivity index (χ4v) is 1.77. The van der Waals surface area contributed by atoms with E-state index in [0.29, 0.717) is 16.6 Å². The number of aromatic nitrogens is 1. The second-order valence-electron chi connectivity index (χ2n) is 3.90. The third-order valence-corrected chi connectivity index (χ3v) is 2.76. The van der Waals surface area contributed by atoms with Crippen LogP contribution in [0.2, 0.25) is 5.02 Å². The smallest absolute Gasteiger partial charge is 0.230 e. The molecule has 19 heavy (non-hydrogen) atoms. The number of rotatable bonds is 4. The molecule has 98 valence electrons. The largest absolute Gasteiger partial charge is 0.496 e. The van der Waals surface area contributed by atoms with Crippen LogP contribution in [0.15, 0.2) is 42.6 Å². The molecule has 0 aliphatic carbocycles. The van der Waals surface area contributed by atoms with Crippen LogP contribution in [0.4, 0.5) is 5.82 Å². The maximum absolute atomic E-state index is 11.9. The zero-order valence-electron chi connectivity index (χ0n) is 10.4. The molecule has 0 spiro atoms. The molecule has 1 N–H and O–H groups in total. The quantitative estimate of drug-likeness (QED) is 0.934.